The number of nitrogens with zero attached hydrogens (tertiary/aromatic N) is 3. The van der Waals surface area contributed by atoms with E-state index in [0.29, 0.717) is 25.1 Å². The molecular weight excluding hydrogens is 663 g/mol. The van der Waals surface area contributed by atoms with Crippen molar-refractivity contribution in [2.45, 2.75) is 49.7 Å². The number of benzene rings is 2. The average molecular weight is 697 g/mol. The van der Waals surface area contributed by atoms with Crippen LogP contribution >= 0.6 is 23.2 Å². The van der Waals surface area contributed by atoms with E-state index in [2.05, 4.69) is 15.6 Å². The van der Waals surface area contributed by atoms with Crippen LogP contribution in [-0.2, 0) is 21.2 Å². The van der Waals surface area contributed by atoms with Crippen LogP contribution in [0, 0.1) is 11.6 Å². The standard InChI is InChI=1S/C31H33Cl2F2N5O5S/c1-39(31(42)43)29(28(19-12-20(32)15-36-14-19)18-7-10-24(33)26(35)13-18)30(41)38-27-6-2-5-25(34)23(27)9-8-22-16-37-21-4-3-11-46(44,45)40(22)17-21/h2,5-7,10,12-15,21-22,28-29,37H,3-4,8-9,11,16-17H2,1H3,(H,38,41)(H,42,43)/t21?,22?,28-,29-/m0/s1. The number of piperazine rings is 1. The lowest BCUT2D eigenvalue weighted by Crippen LogP contribution is -2.57. The van der Waals surface area contributed by atoms with Crippen LogP contribution in [0.3, 0.4) is 0 Å². The summed E-state index contributed by atoms with van der Waals surface area (Å²) in [6, 6.07) is 7.66. The van der Waals surface area contributed by atoms with E-state index in [1.165, 1.54) is 60.1 Å². The van der Waals surface area contributed by atoms with Crippen molar-refractivity contribution >= 4 is 50.9 Å². The zero-order valence-electron chi connectivity index (χ0n) is 24.8. The van der Waals surface area contributed by atoms with E-state index in [1.807, 2.05) is 0 Å². The van der Waals surface area contributed by atoms with Gasteiger partial charge in [0.15, 0.2) is 0 Å². The van der Waals surface area contributed by atoms with Crippen molar-refractivity contribution in [3.05, 3.63) is 93.2 Å². The van der Waals surface area contributed by atoms with E-state index in [1.54, 1.807) is 0 Å². The second-order valence-electron chi connectivity index (χ2n) is 11.5. The third kappa shape index (κ3) is 7.44. The molecule has 0 aliphatic carbocycles. The first-order chi connectivity index (χ1) is 21.9. The molecule has 1 aromatic heterocycles. The minimum absolute atomic E-state index is 0.0575. The number of amides is 2. The molecule has 0 saturated carbocycles. The van der Waals surface area contributed by atoms with Gasteiger partial charge in [0, 0.05) is 61.8 Å². The van der Waals surface area contributed by atoms with Crippen LogP contribution < -0.4 is 10.6 Å². The van der Waals surface area contributed by atoms with Crippen molar-refractivity contribution in [2.24, 2.45) is 0 Å². The number of hydrogen-bond donors (Lipinski definition) is 3. The first kappa shape index (κ1) is 34.0. The number of carboxylic acid groups (broad SMARTS) is 1. The highest BCUT2D eigenvalue weighted by molar-refractivity contribution is 7.89. The van der Waals surface area contributed by atoms with Gasteiger partial charge in [-0.25, -0.2) is 22.0 Å². The molecule has 10 nitrogen and oxygen atoms in total. The SMILES string of the molecule is CN(C(=O)O)[C@H](C(=O)Nc1cccc(F)c1CCC1CNC2CCCS(=O)(=O)N1C2)[C@H](c1cncc(Cl)c1)c1ccc(Cl)c(F)c1. The minimum Gasteiger partial charge on any atom is -0.465 e. The van der Waals surface area contributed by atoms with E-state index < -0.39 is 51.7 Å². The monoisotopic (exact) mass is 695 g/mol. The lowest BCUT2D eigenvalue weighted by atomic mass is 9.84. The van der Waals surface area contributed by atoms with Gasteiger partial charge >= 0.3 is 6.09 Å². The van der Waals surface area contributed by atoms with Gasteiger partial charge in [-0.1, -0.05) is 35.3 Å². The molecule has 3 unspecified atom stereocenters. The molecule has 3 N–H and O–H groups in total. The molecule has 2 aromatic carbocycles. The quantitative estimate of drug-likeness (QED) is 0.283. The van der Waals surface area contributed by atoms with E-state index in [9.17, 15) is 27.5 Å². The predicted molar refractivity (Wildman–Crippen MR) is 171 cm³/mol. The maximum absolute atomic E-state index is 15.3. The van der Waals surface area contributed by atoms with Gasteiger partial charge in [0.2, 0.25) is 15.9 Å². The fourth-order valence-corrected chi connectivity index (χ4v) is 8.33. The van der Waals surface area contributed by atoms with Gasteiger partial charge in [0.1, 0.15) is 17.7 Å². The van der Waals surface area contributed by atoms with Gasteiger partial charge in [0.05, 0.1) is 15.8 Å². The molecule has 15 heteroatoms. The Hall–Kier alpha value is -3.36. The van der Waals surface area contributed by atoms with Crippen LogP contribution in [-0.4, -0.2) is 83.7 Å². The number of halogens is 4. The van der Waals surface area contributed by atoms with E-state index in [4.69, 9.17) is 23.2 Å². The summed E-state index contributed by atoms with van der Waals surface area (Å²) in [5, 5.41) is 16.1. The summed E-state index contributed by atoms with van der Waals surface area (Å²) in [6.07, 6.45) is 3.00. The molecule has 0 spiro atoms. The molecule has 46 heavy (non-hydrogen) atoms. The number of anilines is 1. The van der Waals surface area contributed by atoms with Gasteiger partial charge in [-0.2, -0.15) is 4.31 Å². The van der Waals surface area contributed by atoms with Crippen molar-refractivity contribution in [1.29, 1.82) is 0 Å². The molecule has 5 rings (SSSR count). The third-order valence-corrected chi connectivity index (χ3v) is 11.0. The molecule has 246 valence electrons. The van der Waals surface area contributed by atoms with E-state index in [-0.39, 0.29) is 51.5 Å². The molecule has 5 atom stereocenters. The van der Waals surface area contributed by atoms with Crippen LogP contribution in [0.2, 0.25) is 10.0 Å². The van der Waals surface area contributed by atoms with Crippen molar-refractivity contribution < 1.29 is 31.9 Å². The van der Waals surface area contributed by atoms with Crippen LogP contribution in [0.25, 0.3) is 0 Å². The van der Waals surface area contributed by atoms with Gasteiger partial charge in [0.25, 0.3) is 0 Å². The maximum Gasteiger partial charge on any atom is 0.407 e. The number of fused-ring (bicyclic) bond motifs is 2. The summed E-state index contributed by atoms with van der Waals surface area (Å²) in [7, 11) is -2.27. The summed E-state index contributed by atoms with van der Waals surface area (Å²) in [5.41, 5.74) is 0.781. The number of rotatable bonds is 9. The predicted octanol–water partition coefficient (Wildman–Crippen LogP) is 5.11. The Morgan fingerprint density at radius 3 is 2.65 bits per heavy atom. The van der Waals surface area contributed by atoms with Crippen LogP contribution in [0.4, 0.5) is 19.3 Å². The largest absolute Gasteiger partial charge is 0.465 e. The molecule has 2 bridgehead atoms. The van der Waals surface area contributed by atoms with Crippen molar-refractivity contribution in [3.8, 4) is 0 Å². The fraction of sp³-hybridized carbons (Fsp3) is 0.387. The molecule has 0 radical (unpaired) electrons. The Kier molecular flexibility index (Phi) is 10.5. The topological polar surface area (TPSA) is 132 Å². The normalized spacial score (nSPS) is 21.9. The Balaban J connectivity index is 1.47. The van der Waals surface area contributed by atoms with Crippen molar-refractivity contribution in [3.63, 3.8) is 0 Å². The van der Waals surface area contributed by atoms with Gasteiger partial charge in [-0.05, 0) is 67.1 Å². The second kappa shape index (κ2) is 14.2. The number of carbonyl (C=O) groups excluding carboxylic acids is 1. The van der Waals surface area contributed by atoms with Gasteiger partial charge in [-0.15, -0.1) is 0 Å². The molecule has 2 amide bonds. The van der Waals surface area contributed by atoms with Crippen LogP contribution in [0.1, 0.15) is 41.9 Å². The van der Waals surface area contributed by atoms with Crippen molar-refractivity contribution in [1.82, 2.24) is 19.5 Å². The summed E-state index contributed by atoms with van der Waals surface area (Å²) in [5.74, 6) is -3.27. The third-order valence-electron chi connectivity index (χ3n) is 8.56. The summed E-state index contributed by atoms with van der Waals surface area (Å²) in [4.78, 5) is 31.3. The number of aromatic nitrogens is 1. The molecule has 2 fully saturated rings. The molecule has 2 aliphatic rings. The molecule has 3 aromatic rings. The van der Waals surface area contributed by atoms with E-state index in [0.717, 1.165) is 17.4 Å². The molecule has 3 heterocycles. The highest BCUT2D eigenvalue weighted by Gasteiger charge is 2.39. The molecule has 2 saturated heterocycles. The first-order valence-electron chi connectivity index (χ1n) is 14.7. The molecular formula is C31H33Cl2F2N5O5S. The number of nitrogens with one attached hydrogen (secondary N) is 2. The smallest absolute Gasteiger partial charge is 0.407 e. The lowest BCUT2D eigenvalue weighted by molar-refractivity contribution is -0.120. The zero-order chi connectivity index (χ0) is 33.2. The highest BCUT2D eigenvalue weighted by Crippen LogP contribution is 2.35. The van der Waals surface area contributed by atoms with E-state index >= 15 is 4.39 Å². The number of likely N-dealkylation sites (N-methyl/N-ethyl adjacent to an activating group) is 1. The average Bonchev–Trinajstić information content (AvgIpc) is 3.12. The number of sulfonamides is 1. The number of carbonyl (C=O) groups is 2. The Bertz CT molecular complexity index is 1730. The second-order valence-corrected chi connectivity index (χ2v) is 14.4. The minimum atomic E-state index is -3.47. The summed E-state index contributed by atoms with van der Waals surface area (Å²) < 4.78 is 57.4. The fourth-order valence-electron chi connectivity index (χ4n) is 6.22. The first-order valence-corrected chi connectivity index (χ1v) is 17.0. The Morgan fingerprint density at radius 1 is 1.15 bits per heavy atom. The lowest BCUT2D eigenvalue weighted by Gasteiger charge is -2.37. The van der Waals surface area contributed by atoms with Crippen LogP contribution in [0.5, 0.6) is 0 Å². The van der Waals surface area contributed by atoms with Gasteiger partial charge < -0.3 is 15.7 Å². The summed E-state index contributed by atoms with van der Waals surface area (Å²) >= 11 is 12.1. The summed E-state index contributed by atoms with van der Waals surface area (Å²) in [6.45, 7) is 0.765. The molecule has 2 aliphatic heterocycles. The Morgan fingerprint density at radius 2 is 1.93 bits per heavy atom. The highest BCUT2D eigenvalue weighted by atomic mass is 35.5. The number of hydrogen-bond acceptors (Lipinski definition) is 6. The van der Waals surface area contributed by atoms with Crippen molar-refractivity contribution in [2.75, 3.05) is 31.2 Å². The van der Waals surface area contributed by atoms with Gasteiger partial charge in [-0.3, -0.25) is 14.7 Å². The Labute approximate surface area is 275 Å². The van der Waals surface area contributed by atoms with Crippen LogP contribution in [0.15, 0.2) is 54.9 Å². The number of pyridine rings is 1. The zero-order valence-corrected chi connectivity index (χ0v) is 27.1. The maximum atomic E-state index is 15.3.